The zero-order valence-electron chi connectivity index (χ0n) is 6.81. The van der Waals surface area contributed by atoms with Crippen molar-refractivity contribution in [3.63, 3.8) is 0 Å². The van der Waals surface area contributed by atoms with Crippen molar-refractivity contribution in [1.29, 1.82) is 0 Å². The summed E-state index contributed by atoms with van der Waals surface area (Å²) < 4.78 is 4.91. The number of benzene rings is 1. The summed E-state index contributed by atoms with van der Waals surface area (Å²) in [7, 11) is 0. The smallest absolute Gasteiger partial charge is 0.335 e. The van der Waals surface area contributed by atoms with Gasteiger partial charge in [0, 0.05) is 0 Å². The summed E-state index contributed by atoms with van der Waals surface area (Å²) in [5.74, 6) is -0.538. The highest BCUT2D eigenvalue weighted by molar-refractivity contribution is 5.87. The number of carboxylic acid groups (broad SMARTS) is 1. The van der Waals surface area contributed by atoms with Gasteiger partial charge in [0.2, 0.25) is 6.35 Å². The van der Waals surface area contributed by atoms with Crippen molar-refractivity contribution in [2.75, 3.05) is 0 Å². The highest BCUT2D eigenvalue weighted by Crippen LogP contribution is 2.11. The fraction of sp³-hybridized carbons (Fsp3) is 0.125. The number of nitrogens with two attached hydrogens (primary N) is 2. The second-order valence-corrected chi connectivity index (χ2v) is 2.41. The Morgan fingerprint density at radius 2 is 1.85 bits per heavy atom. The number of aromatic carboxylic acids is 1. The second kappa shape index (κ2) is 3.88. The number of rotatable bonds is 3. The maximum absolute atomic E-state index is 10.4. The maximum atomic E-state index is 10.4. The summed E-state index contributed by atoms with van der Waals surface area (Å²) in [4.78, 5) is 10.4. The Bertz CT molecular complexity index is 295. The standard InChI is InChI=1S/C8H10N2O3/c9-8(10)13-6-3-1-5(2-4-6)7(11)12/h1-4,8H,9-10H2,(H,11,12). The fourth-order valence-corrected chi connectivity index (χ4v) is 0.833. The molecular formula is C8H10N2O3. The van der Waals surface area contributed by atoms with E-state index in [0.717, 1.165) is 0 Å². The van der Waals surface area contributed by atoms with E-state index in [4.69, 9.17) is 21.3 Å². The lowest BCUT2D eigenvalue weighted by molar-refractivity contribution is 0.0697. The number of carboxylic acids is 1. The molecule has 13 heavy (non-hydrogen) atoms. The molecule has 1 aromatic carbocycles. The van der Waals surface area contributed by atoms with E-state index in [1.54, 1.807) is 0 Å². The Morgan fingerprint density at radius 1 is 1.31 bits per heavy atom. The highest BCUT2D eigenvalue weighted by Gasteiger charge is 2.02. The van der Waals surface area contributed by atoms with Crippen LogP contribution in [0.3, 0.4) is 0 Å². The van der Waals surface area contributed by atoms with Crippen molar-refractivity contribution in [3.8, 4) is 5.75 Å². The molecule has 5 heteroatoms. The lowest BCUT2D eigenvalue weighted by Gasteiger charge is -2.08. The van der Waals surface area contributed by atoms with Crippen LogP contribution >= 0.6 is 0 Å². The number of hydrogen-bond acceptors (Lipinski definition) is 4. The van der Waals surface area contributed by atoms with Crippen molar-refractivity contribution in [3.05, 3.63) is 29.8 Å². The summed E-state index contributed by atoms with van der Waals surface area (Å²) in [5, 5.41) is 8.57. The molecule has 0 bridgehead atoms. The van der Waals surface area contributed by atoms with Crippen LogP contribution in [-0.4, -0.2) is 17.4 Å². The Kier molecular flexibility index (Phi) is 2.84. The van der Waals surface area contributed by atoms with Gasteiger partial charge in [-0.1, -0.05) is 0 Å². The van der Waals surface area contributed by atoms with E-state index in [0.29, 0.717) is 5.75 Å². The summed E-state index contributed by atoms with van der Waals surface area (Å²) >= 11 is 0. The third kappa shape index (κ3) is 2.73. The Labute approximate surface area is 74.9 Å². The molecule has 0 spiro atoms. The predicted molar refractivity (Wildman–Crippen MR) is 46.2 cm³/mol. The number of hydrogen-bond donors (Lipinski definition) is 3. The monoisotopic (exact) mass is 182 g/mol. The molecule has 0 saturated heterocycles. The number of ether oxygens (including phenoxy) is 1. The van der Waals surface area contributed by atoms with E-state index >= 15 is 0 Å². The van der Waals surface area contributed by atoms with Crippen molar-refractivity contribution < 1.29 is 14.6 Å². The van der Waals surface area contributed by atoms with Gasteiger partial charge in [0.15, 0.2) is 0 Å². The molecule has 1 rings (SSSR count). The molecular weight excluding hydrogens is 172 g/mol. The number of carbonyl (C=O) groups is 1. The Morgan fingerprint density at radius 3 is 2.23 bits per heavy atom. The molecule has 70 valence electrons. The molecule has 0 amide bonds. The predicted octanol–water partition coefficient (Wildman–Crippen LogP) is -0.0354. The van der Waals surface area contributed by atoms with Crippen molar-refractivity contribution >= 4 is 5.97 Å². The van der Waals surface area contributed by atoms with Crippen LogP contribution < -0.4 is 16.2 Å². The minimum atomic E-state index is -0.983. The molecule has 0 atom stereocenters. The SMILES string of the molecule is NC(N)Oc1ccc(C(=O)O)cc1. The first-order valence-corrected chi connectivity index (χ1v) is 3.61. The van der Waals surface area contributed by atoms with Gasteiger partial charge in [-0.15, -0.1) is 0 Å². The van der Waals surface area contributed by atoms with Crippen molar-refractivity contribution in [2.24, 2.45) is 11.5 Å². The van der Waals surface area contributed by atoms with Gasteiger partial charge < -0.3 is 9.84 Å². The largest absolute Gasteiger partial charge is 0.478 e. The molecule has 0 fully saturated rings. The molecule has 0 radical (unpaired) electrons. The minimum Gasteiger partial charge on any atom is -0.478 e. The first-order chi connectivity index (χ1) is 6.09. The van der Waals surface area contributed by atoms with E-state index in [1.165, 1.54) is 24.3 Å². The topological polar surface area (TPSA) is 98.6 Å². The van der Waals surface area contributed by atoms with Crippen LogP contribution in [0.2, 0.25) is 0 Å². The molecule has 0 saturated carbocycles. The van der Waals surface area contributed by atoms with Crippen molar-refractivity contribution in [2.45, 2.75) is 6.35 Å². The van der Waals surface area contributed by atoms with Crippen LogP contribution in [0.5, 0.6) is 5.75 Å². The van der Waals surface area contributed by atoms with Crippen LogP contribution in [0.1, 0.15) is 10.4 Å². The summed E-state index contributed by atoms with van der Waals surface area (Å²) in [6.45, 7) is 0. The summed E-state index contributed by atoms with van der Waals surface area (Å²) in [6.07, 6.45) is -0.893. The fourth-order valence-electron chi connectivity index (χ4n) is 0.833. The van der Waals surface area contributed by atoms with Gasteiger partial charge in [0.1, 0.15) is 5.75 Å². The average molecular weight is 182 g/mol. The van der Waals surface area contributed by atoms with Crippen LogP contribution in [0.4, 0.5) is 0 Å². The minimum absolute atomic E-state index is 0.193. The zero-order valence-corrected chi connectivity index (χ0v) is 6.81. The Hall–Kier alpha value is -1.59. The third-order valence-corrected chi connectivity index (χ3v) is 1.37. The molecule has 0 aliphatic heterocycles. The molecule has 0 aromatic heterocycles. The van der Waals surface area contributed by atoms with E-state index in [2.05, 4.69) is 0 Å². The van der Waals surface area contributed by atoms with Gasteiger partial charge in [-0.25, -0.2) is 4.79 Å². The van der Waals surface area contributed by atoms with Gasteiger partial charge in [-0.05, 0) is 24.3 Å². The van der Waals surface area contributed by atoms with E-state index < -0.39 is 12.3 Å². The van der Waals surface area contributed by atoms with E-state index in [9.17, 15) is 4.79 Å². The lowest BCUT2D eigenvalue weighted by Crippen LogP contribution is -2.36. The van der Waals surface area contributed by atoms with Crippen molar-refractivity contribution in [1.82, 2.24) is 0 Å². The van der Waals surface area contributed by atoms with Gasteiger partial charge in [-0.3, -0.25) is 11.5 Å². The first kappa shape index (κ1) is 9.50. The molecule has 5 nitrogen and oxygen atoms in total. The van der Waals surface area contributed by atoms with Crippen LogP contribution in [-0.2, 0) is 0 Å². The quantitative estimate of drug-likeness (QED) is 0.570. The Balaban J connectivity index is 2.75. The average Bonchev–Trinajstić information content (AvgIpc) is 2.04. The third-order valence-electron chi connectivity index (χ3n) is 1.37. The molecule has 0 heterocycles. The summed E-state index contributed by atoms with van der Waals surface area (Å²) in [5.41, 5.74) is 10.5. The molecule has 1 aromatic rings. The van der Waals surface area contributed by atoms with Gasteiger partial charge in [0.25, 0.3) is 0 Å². The lowest BCUT2D eigenvalue weighted by atomic mass is 10.2. The van der Waals surface area contributed by atoms with Crippen LogP contribution in [0, 0.1) is 0 Å². The normalized spacial score (nSPS) is 10.1. The van der Waals surface area contributed by atoms with E-state index in [-0.39, 0.29) is 5.56 Å². The second-order valence-electron chi connectivity index (χ2n) is 2.41. The molecule has 0 aliphatic rings. The van der Waals surface area contributed by atoms with Crippen LogP contribution in [0.25, 0.3) is 0 Å². The summed E-state index contributed by atoms with van der Waals surface area (Å²) in [6, 6.07) is 5.83. The maximum Gasteiger partial charge on any atom is 0.335 e. The molecule has 0 unspecified atom stereocenters. The van der Waals surface area contributed by atoms with E-state index in [1.807, 2.05) is 0 Å². The highest BCUT2D eigenvalue weighted by atomic mass is 16.5. The van der Waals surface area contributed by atoms with Gasteiger partial charge in [0.05, 0.1) is 5.56 Å². The van der Waals surface area contributed by atoms with Gasteiger partial charge in [-0.2, -0.15) is 0 Å². The first-order valence-electron chi connectivity index (χ1n) is 3.61. The zero-order chi connectivity index (χ0) is 9.84. The molecule has 0 aliphatic carbocycles. The molecule has 5 N–H and O–H groups in total. The van der Waals surface area contributed by atoms with Gasteiger partial charge >= 0.3 is 5.97 Å². The van der Waals surface area contributed by atoms with Crippen LogP contribution in [0.15, 0.2) is 24.3 Å².